The monoisotopic (exact) mass is 384 g/mol. The predicted molar refractivity (Wildman–Crippen MR) is 102 cm³/mol. The standard InChI is InChI=1S/C21H22F2N4O/c22-18-8-4-7-17(19(18)23)14-27-21(28)26(13-15-5-2-1-3-6-15)20(25-27)16-9-11-24-12-10-16/h1-8,16,24H,9-14H2. The maximum Gasteiger partial charge on any atom is 0.346 e. The maximum atomic E-state index is 14.1. The molecular weight excluding hydrogens is 362 g/mol. The largest absolute Gasteiger partial charge is 0.346 e. The second-order valence-corrected chi connectivity index (χ2v) is 7.11. The Kier molecular flexibility index (Phi) is 5.34. The SMILES string of the molecule is O=c1n(Cc2cccc(F)c2F)nc(C2CCNCC2)n1Cc1ccccc1. The number of nitrogens with zero attached hydrogens (tertiary/aromatic N) is 3. The molecule has 2 heterocycles. The summed E-state index contributed by atoms with van der Waals surface area (Å²) < 4.78 is 30.6. The summed E-state index contributed by atoms with van der Waals surface area (Å²) in [6.45, 7) is 2.05. The molecule has 0 bridgehead atoms. The van der Waals surface area contributed by atoms with Crippen LogP contribution in [-0.4, -0.2) is 27.4 Å². The highest BCUT2D eigenvalue weighted by atomic mass is 19.2. The molecule has 3 aromatic rings. The Morgan fingerprint density at radius 2 is 1.75 bits per heavy atom. The molecule has 28 heavy (non-hydrogen) atoms. The van der Waals surface area contributed by atoms with Crippen LogP contribution in [-0.2, 0) is 13.1 Å². The van der Waals surface area contributed by atoms with E-state index < -0.39 is 11.6 Å². The fourth-order valence-electron chi connectivity index (χ4n) is 3.69. The van der Waals surface area contributed by atoms with E-state index in [0.29, 0.717) is 12.4 Å². The normalized spacial score (nSPS) is 15.1. The lowest BCUT2D eigenvalue weighted by atomic mass is 9.97. The first-order chi connectivity index (χ1) is 13.6. The molecule has 0 radical (unpaired) electrons. The molecule has 1 fully saturated rings. The van der Waals surface area contributed by atoms with Crippen LogP contribution in [0.15, 0.2) is 53.3 Å². The summed E-state index contributed by atoms with van der Waals surface area (Å²) in [6, 6.07) is 13.7. The molecule has 4 rings (SSSR count). The van der Waals surface area contributed by atoms with E-state index in [0.717, 1.165) is 37.6 Å². The Morgan fingerprint density at radius 1 is 1.00 bits per heavy atom. The molecule has 1 saturated heterocycles. The average molecular weight is 384 g/mol. The second kappa shape index (κ2) is 8.06. The first kappa shape index (κ1) is 18.6. The summed E-state index contributed by atoms with van der Waals surface area (Å²) in [7, 11) is 0. The average Bonchev–Trinajstić information content (AvgIpc) is 3.03. The van der Waals surface area contributed by atoms with Crippen molar-refractivity contribution in [1.82, 2.24) is 19.7 Å². The van der Waals surface area contributed by atoms with Gasteiger partial charge in [0.15, 0.2) is 11.6 Å². The van der Waals surface area contributed by atoms with Crippen LogP contribution in [0.3, 0.4) is 0 Å². The minimum absolute atomic E-state index is 0.0951. The first-order valence-electron chi connectivity index (χ1n) is 9.48. The van der Waals surface area contributed by atoms with Crippen molar-refractivity contribution in [2.45, 2.75) is 31.8 Å². The Balaban J connectivity index is 1.73. The fraction of sp³-hybridized carbons (Fsp3) is 0.333. The minimum Gasteiger partial charge on any atom is -0.317 e. The van der Waals surface area contributed by atoms with E-state index >= 15 is 0 Å². The highest BCUT2D eigenvalue weighted by molar-refractivity contribution is 5.20. The number of hydrogen-bond donors (Lipinski definition) is 1. The number of nitrogens with one attached hydrogen (secondary N) is 1. The van der Waals surface area contributed by atoms with Crippen molar-refractivity contribution in [3.63, 3.8) is 0 Å². The molecule has 1 aromatic heterocycles. The molecule has 0 aliphatic carbocycles. The Hall–Kier alpha value is -2.80. The molecule has 0 unspecified atom stereocenters. The van der Waals surface area contributed by atoms with E-state index in [-0.39, 0.29) is 23.7 Å². The van der Waals surface area contributed by atoms with E-state index in [1.165, 1.54) is 16.8 Å². The van der Waals surface area contributed by atoms with Crippen molar-refractivity contribution < 1.29 is 8.78 Å². The smallest absolute Gasteiger partial charge is 0.317 e. The number of rotatable bonds is 5. The molecule has 1 aliphatic rings. The van der Waals surface area contributed by atoms with Crippen molar-refractivity contribution in [2.24, 2.45) is 0 Å². The van der Waals surface area contributed by atoms with Gasteiger partial charge in [-0.15, -0.1) is 0 Å². The van der Waals surface area contributed by atoms with Gasteiger partial charge in [-0.2, -0.15) is 5.10 Å². The highest BCUT2D eigenvalue weighted by Crippen LogP contribution is 2.23. The number of hydrogen-bond acceptors (Lipinski definition) is 3. The van der Waals surface area contributed by atoms with Gasteiger partial charge in [-0.05, 0) is 37.6 Å². The highest BCUT2D eigenvalue weighted by Gasteiger charge is 2.24. The zero-order chi connectivity index (χ0) is 19.5. The summed E-state index contributed by atoms with van der Waals surface area (Å²) in [5.41, 5.74) is 0.806. The maximum absolute atomic E-state index is 14.1. The zero-order valence-corrected chi connectivity index (χ0v) is 15.4. The van der Waals surface area contributed by atoms with Crippen LogP contribution in [0.5, 0.6) is 0 Å². The molecule has 0 atom stereocenters. The molecular formula is C21H22F2N4O. The van der Waals surface area contributed by atoms with Crippen LogP contribution >= 0.6 is 0 Å². The van der Waals surface area contributed by atoms with E-state index in [9.17, 15) is 13.6 Å². The Morgan fingerprint density at radius 3 is 2.50 bits per heavy atom. The van der Waals surface area contributed by atoms with Gasteiger partial charge >= 0.3 is 5.69 Å². The first-order valence-corrected chi connectivity index (χ1v) is 9.48. The number of halogens is 2. The zero-order valence-electron chi connectivity index (χ0n) is 15.4. The van der Waals surface area contributed by atoms with E-state index in [2.05, 4.69) is 10.4 Å². The van der Waals surface area contributed by atoms with Gasteiger partial charge in [-0.3, -0.25) is 4.57 Å². The molecule has 2 aromatic carbocycles. The van der Waals surface area contributed by atoms with Crippen molar-refractivity contribution in [2.75, 3.05) is 13.1 Å². The summed E-state index contributed by atoms with van der Waals surface area (Å²) in [5, 5.41) is 7.86. The third-order valence-corrected chi connectivity index (χ3v) is 5.19. The minimum atomic E-state index is -0.935. The van der Waals surface area contributed by atoms with E-state index in [1.807, 2.05) is 30.3 Å². The van der Waals surface area contributed by atoms with Crippen LogP contribution < -0.4 is 11.0 Å². The molecule has 0 saturated carbocycles. The summed E-state index contributed by atoms with van der Waals surface area (Å²) >= 11 is 0. The van der Waals surface area contributed by atoms with Crippen LogP contribution in [0.4, 0.5) is 8.78 Å². The molecule has 5 nitrogen and oxygen atoms in total. The van der Waals surface area contributed by atoms with Gasteiger partial charge in [0.1, 0.15) is 5.82 Å². The van der Waals surface area contributed by atoms with Gasteiger partial charge in [0.05, 0.1) is 13.1 Å². The van der Waals surface area contributed by atoms with Crippen LogP contribution in [0.25, 0.3) is 0 Å². The lowest BCUT2D eigenvalue weighted by Crippen LogP contribution is -2.30. The van der Waals surface area contributed by atoms with Gasteiger partial charge in [0.25, 0.3) is 0 Å². The van der Waals surface area contributed by atoms with Crippen molar-refractivity contribution >= 4 is 0 Å². The molecule has 7 heteroatoms. The van der Waals surface area contributed by atoms with Gasteiger partial charge in [0, 0.05) is 11.5 Å². The van der Waals surface area contributed by atoms with Crippen molar-refractivity contribution in [1.29, 1.82) is 0 Å². The van der Waals surface area contributed by atoms with Crippen LogP contribution in [0, 0.1) is 11.6 Å². The third kappa shape index (κ3) is 3.75. The number of aromatic nitrogens is 3. The fourth-order valence-corrected chi connectivity index (χ4v) is 3.69. The summed E-state index contributed by atoms with van der Waals surface area (Å²) in [4.78, 5) is 13.1. The molecule has 0 spiro atoms. The number of piperidine rings is 1. The van der Waals surface area contributed by atoms with Gasteiger partial charge < -0.3 is 5.32 Å². The Bertz CT molecular complexity index is 1010. The predicted octanol–water partition coefficient (Wildman–Crippen LogP) is 2.89. The molecule has 1 N–H and O–H groups in total. The van der Waals surface area contributed by atoms with Gasteiger partial charge in [-0.25, -0.2) is 18.3 Å². The van der Waals surface area contributed by atoms with E-state index in [1.54, 1.807) is 4.57 Å². The van der Waals surface area contributed by atoms with Gasteiger partial charge in [0.2, 0.25) is 0 Å². The van der Waals surface area contributed by atoms with Crippen LogP contribution in [0.1, 0.15) is 35.7 Å². The lowest BCUT2D eigenvalue weighted by molar-refractivity contribution is 0.430. The summed E-state index contributed by atoms with van der Waals surface area (Å²) in [6.07, 6.45) is 1.78. The van der Waals surface area contributed by atoms with Crippen molar-refractivity contribution in [3.05, 3.63) is 87.6 Å². The van der Waals surface area contributed by atoms with Crippen molar-refractivity contribution in [3.8, 4) is 0 Å². The lowest BCUT2D eigenvalue weighted by Gasteiger charge is -2.22. The van der Waals surface area contributed by atoms with Crippen LogP contribution in [0.2, 0.25) is 0 Å². The Labute approximate surface area is 161 Å². The van der Waals surface area contributed by atoms with Gasteiger partial charge in [-0.1, -0.05) is 42.5 Å². The number of benzene rings is 2. The third-order valence-electron chi connectivity index (χ3n) is 5.19. The molecule has 0 amide bonds. The quantitative estimate of drug-likeness (QED) is 0.736. The molecule has 1 aliphatic heterocycles. The van der Waals surface area contributed by atoms with E-state index in [4.69, 9.17) is 0 Å². The topological polar surface area (TPSA) is 51.9 Å². The summed E-state index contributed by atoms with van der Waals surface area (Å²) in [5.74, 6) is -0.980. The second-order valence-electron chi connectivity index (χ2n) is 7.11. The molecule has 146 valence electrons.